The van der Waals surface area contributed by atoms with Crippen LogP contribution >= 0.6 is 0 Å². The minimum Gasteiger partial charge on any atom is -0.493 e. The molecule has 0 spiro atoms. The van der Waals surface area contributed by atoms with Crippen LogP contribution in [0.5, 0.6) is 5.75 Å². The van der Waals surface area contributed by atoms with Gasteiger partial charge in [-0.05, 0) is 51.0 Å². The second-order valence-corrected chi connectivity index (χ2v) is 7.61. The quantitative estimate of drug-likeness (QED) is 0.660. The van der Waals surface area contributed by atoms with E-state index in [-0.39, 0.29) is 48.2 Å². The predicted molar refractivity (Wildman–Crippen MR) is 90.0 cm³/mol. The standard InChI is InChI=1S/C20H23F3O3/c1-13(24)10-17(25)15-7-6-14(11-15)12-26-18-5-3-2-4-16(18)19(8-9-19)20(21,22)23/h2-5,14-15H,6-12H2,1H3. The number of alkyl halides is 3. The number of hydrogen-bond donors (Lipinski definition) is 0. The minimum absolute atomic E-state index is 0.0326. The third-order valence-corrected chi connectivity index (χ3v) is 5.59. The fourth-order valence-corrected chi connectivity index (χ4v) is 3.93. The van der Waals surface area contributed by atoms with Gasteiger partial charge in [0.05, 0.1) is 18.4 Å². The van der Waals surface area contributed by atoms with Gasteiger partial charge in [-0.25, -0.2) is 0 Å². The minimum atomic E-state index is -4.27. The lowest BCUT2D eigenvalue weighted by atomic mass is 9.94. The molecule has 6 heteroatoms. The van der Waals surface area contributed by atoms with Crippen LogP contribution in [0.3, 0.4) is 0 Å². The Morgan fingerprint density at radius 2 is 1.88 bits per heavy atom. The zero-order valence-corrected chi connectivity index (χ0v) is 14.8. The van der Waals surface area contributed by atoms with Crippen LogP contribution in [0.1, 0.15) is 51.0 Å². The van der Waals surface area contributed by atoms with E-state index in [9.17, 15) is 22.8 Å². The smallest absolute Gasteiger partial charge is 0.398 e. The molecule has 1 aromatic carbocycles. The summed E-state index contributed by atoms with van der Waals surface area (Å²) in [5.41, 5.74) is -1.55. The molecule has 3 nitrogen and oxygen atoms in total. The predicted octanol–water partition coefficient (Wildman–Crippen LogP) is 4.62. The molecule has 0 aliphatic heterocycles. The van der Waals surface area contributed by atoms with Gasteiger partial charge in [0, 0.05) is 11.5 Å². The molecular weight excluding hydrogens is 345 g/mol. The molecular formula is C20H23F3O3. The molecule has 0 radical (unpaired) electrons. The zero-order chi connectivity index (χ0) is 18.9. The molecule has 2 saturated carbocycles. The molecule has 2 atom stereocenters. The summed E-state index contributed by atoms with van der Waals surface area (Å²) < 4.78 is 46.1. The number of carbonyl (C=O) groups excluding carboxylic acids is 2. The molecule has 2 aliphatic carbocycles. The molecule has 3 rings (SSSR count). The Labute approximate surface area is 150 Å². The third-order valence-electron chi connectivity index (χ3n) is 5.59. The Bertz CT molecular complexity index is 692. The molecule has 0 amide bonds. The average Bonchev–Trinajstić information content (AvgIpc) is 3.25. The molecule has 2 aliphatic rings. The summed E-state index contributed by atoms with van der Waals surface area (Å²) >= 11 is 0. The van der Waals surface area contributed by atoms with Crippen molar-refractivity contribution < 1.29 is 27.5 Å². The largest absolute Gasteiger partial charge is 0.493 e. The van der Waals surface area contributed by atoms with Gasteiger partial charge in [-0.15, -0.1) is 0 Å². The molecule has 0 aromatic heterocycles. The fraction of sp³-hybridized carbons (Fsp3) is 0.600. The highest BCUT2D eigenvalue weighted by Crippen LogP contribution is 2.60. The summed E-state index contributed by atoms with van der Waals surface area (Å²) in [5.74, 6) is 0.124. The summed E-state index contributed by atoms with van der Waals surface area (Å²) in [5, 5.41) is 0. The lowest BCUT2D eigenvalue weighted by molar-refractivity contribution is -0.161. The number of ketones is 2. The van der Waals surface area contributed by atoms with Crippen molar-refractivity contribution in [1.29, 1.82) is 0 Å². The van der Waals surface area contributed by atoms with Gasteiger partial charge < -0.3 is 4.74 Å². The van der Waals surface area contributed by atoms with Crippen LogP contribution in [0.15, 0.2) is 24.3 Å². The van der Waals surface area contributed by atoms with Gasteiger partial charge in [0.15, 0.2) is 0 Å². The highest BCUT2D eigenvalue weighted by atomic mass is 19.4. The molecule has 2 fully saturated rings. The van der Waals surface area contributed by atoms with Crippen molar-refractivity contribution >= 4 is 11.6 Å². The van der Waals surface area contributed by atoms with E-state index < -0.39 is 11.6 Å². The lowest BCUT2D eigenvalue weighted by Crippen LogP contribution is -2.29. The van der Waals surface area contributed by atoms with E-state index >= 15 is 0 Å². The first kappa shape index (κ1) is 18.9. The highest BCUT2D eigenvalue weighted by Gasteiger charge is 2.65. The van der Waals surface area contributed by atoms with E-state index in [2.05, 4.69) is 0 Å². The van der Waals surface area contributed by atoms with E-state index in [0.717, 1.165) is 6.42 Å². The second-order valence-electron chi connectivity index (χ2n) is 7.61. The molecule has 142 valence electrons. The van der Waals surface area contributed by atoms with Crippen LogP contribution < -0.4 is 4.74 Å². The van der Waals surface area contributed by atoms with Gasteiger partial charge in [0.25, 0.3) is 0 Å². The Morgan fingerprint density at radius 3 is 2.50 bits per heavy atom. The van der Waals surface area contributed by atoms with E-state index in [1.807, 2.05) is 0 Å². The fourth-order valence-electron chi connectivity index (χ4n) is 3.93. The van der Waals surface area contributed by atoms with Crippen molar-refractivity contribution in [3.05, 3.63) is 29.8 Å². The Morgan fingerprint density at radius 1 is 1.19 bits per heavy atom. The van der Waals surface area contributed by atoms with Crippen molar-refractivity contribution in [2.45, 2.75) is 57.0 Å². The molecule has 26 heavy (non-hydrogen) atoms. The number of hydrogen-bond acceptors (Lipinski definition) is 3. The Balaban J connectivity index is 1.62. The number of halogens is 3. The van der Waals surface area contributed by atoms with Gasteiger partial charge in [-0.2, -0.15) is 13.2 Å². The maximum absolute atomic E-state index is 13.4. The van der Waals surface area contributed by atoms with Crippen LogP contribution in [0.2, 0.25) is 0 Å². The lowest BCUT2D eigenvalue weighted by Gasteiger charge is -2.23. The van der Waals surface area contributed by atoms with Crippen molar-refractivity contribution in [3.63, 3.8) is 0 Å². The second kappa shape index (κ2) is 7.05. The summed E-state index contributed by atoms with van der Waals surface area (Å²) in [6.07, 6.45) is -1.96. The molecule has 2 unspecified atom stereocenters. The molecule has 0 N–H and O–H groups in total. The van der Waals surface area contributed by atoms with Crippen molar-refractivity contribution in [2.75, 3.05) is 6.61 Å². The van der Waals surface area contributed by atoms with Crippen LogP contribution in [0.25, 0.3) is 0 Å². The van der Waals surface area contributed by atoms with E-state index in [1.54, 1.807) is 18.2 Å². The molecule has 0 saturated heterocycles. The summed E-state index contributed by atoms with van der Waals surface area (Å²) in [7, 11) is 0. The molecule has 0 heterocycles. The number of para-hydroxylation sites is 1. The Kier molecular flexibility index (Phi) is 5.13. The van der Waals surface area contributed by atoms with Crippen LogP contribution in [0, 0.1) is 11.8 Å². The summed E-state index contributed by atoms with van der Waals surface area (Å²) in [6.45, 7) is 1.70. The number of rotatable bonds is 7. The first-order valence-electron chi connectivity index (χ1n) is 9.04. The first-order valence-corrected chi connectivity index (χ1v) is 9.04. The highest BCUT2D eigenvalue weighted by molar-refractivity contribution is 5.99. The topological polar surface area (TPSA) is 43.4 Å². The maximum atomic E-state index is 13.4. The summed E-state index contributed by atoms with van der Waals surface area (Å²) in [6, 6.07) is 6.39. The SMILES string of the molecule is CC(=O)CC(=O)C1CCC(COc2ccccc2C2(C(F)(F)F)CC2)C1. The van der Waals surface area contributed by atoms with Gasteiger partial charge >= 0.3 is 6.18 Å². The monoisotopic (exact) mass is 368 g/mol. The number of carbonyl (C=O) groups is 2. The van der Waals surface area contributed by atoms with Crippen LogP contribution in [-0.2, 0) is 15.0 Å². The maximum Gasteiger partial charge on any atom is 0.398 e. The Hall–Kier alpha value is -1.85. The van der Waals surface area contributed by atoms with E-state index in [0.29, 0.717) is 25.2 Å². The van der Waals surface area contributed by atoms with E-state index in [1.165, 1.54) is 13.0 Å². The van der Waals surface area contributed by atoms with Gasteiger partial charge in [-0.1, -0.05) is 18.2 Å². The average molecular weight is 368 g/mol. The van der Waals surface area contributed by atoms with Gasteiger partial charge in [0.2, 0.25) is 0 Å². The number of Topliss-reactive ketones (excluding diaryl/α,β-unsaturated/α-hetero) is 2. The van der Waals surface area contributed by atoms with Crippen molar-refractivity contribution in [1.82, 2.24) is 0 Å². The van der Waals surface area contributed by atoms with Gasteiger partial charge in [-0.3, -0.25) is 9.59 Å². The summed E-state index contributed by atoms with van der Waals surface area (Å²) in [4.78, 5) is 23.1. The van der Waals surface area contributed by atoms with Crippen molar-refractivity contribution in [2.24, 2.45) is 11.8 Å². The van der Waals surface area contributed by atoms with Crippen molar-refractivity contribution in [3.8, 4) is 5.75 Å². The third kappa shape index (κ3) is 3.79. The van der Waals surface area contributed by atoms with E-state index in [4.69, 9.17) is 4.74 Å². The number of ether oxygens (including phenoxy) is 1. The van der Waals surface area contributed by atoms with Crippen LogP contribution in [-0.4, -0.2) is 24.3 Å². The van der Waals surface area contributed by atoms with Gasteiger partial charge in [0.1, 0.15) is 17.3 Å². The molecule has 1 aromatic rings. The zero-order valence-electron chi connectivity index (χ0n) is 14.8. The normalized spacial score (nSPS) is 24.3. The first-order chi connectivity index (χ1) is 12.2. The van der Waals surface area contributed by atoms with Crippen LogP contribution in [0.4, 0.5) is 13.2 Å². The number of benzene rings is 1. The molecule has 0 bridgehead atoms.